The summed E-state index contributed by atoms with van der Waals surface area (Å²) in [5.41, 5.74) is 0.703. The highest BCUT2D eigenvalue weighted by Gasteiger charge is 2.27. The van der Waals surface area contributed by atoms with Gasteiger partial charge >= 0.3 is 11.7 Å². The highest BCUT2D eigenvalue weighted by Crippen LogP contribution is 2.19. The van der Waals surface area contributed by atoms with Crippen molar-refractivity contribution in [3.63, 3.8) is 0 Å². The molecule has 1 amide bonds. The number of esters is 1. The molecule has 146 valence electrons. The van der Waals surface area contributed by atoms with Crippen molar-refractivity contribution >= 4 is 27.4 Å². The van der Waals surface area contributed by atoms with Crippen LogP contribution in [0, 0.1) is 11.3 Å². The van der Waals surface area contributed by atoms with Gasteiger partial charge in [0.05, 0.1) is 22.1 Å². The normalized spacial score (nSPS) is 12.1. The minimum absolute atomic E-state index is 0.105. The number of rotatable bonds is 6. The van der Waals surface area contributed by atoms with Gasteiger partial charge in [0.25, 0.3) is 5.91 Å². The summed E-state index contributed by atoms with van der Waals surface area (Å²) in [6.07, 6.45) is -1.19. The molecule has 2 aromatic rings. The Balaban J connectivity index is 2.01. The minimum atomic E-state index is -4.77. The summed E-state index contributed by atoms with van der Waals surface area (Å²) < 4.78 is 52.7. The number of alkyl halides is 2. The average Bonchev–Trinajstić information content (AvgIpc) is 2.68. The van der Waals surface area contributed by atoms with Crippen molar-refractivity contribution in [1.29, 1.82) is 5.26 Å². The van der Waals surface area contributed by atoms with Crippen LogP contribution in [-0.4, -0.2) is 32.2 Å². The third kappa shape index (κ3) is 4.89. The molecule has 0 saturated carbocycles. The molecule has 0 bridgehead atoms. The molecule has 28 heavy (non-hydrogen) atoms. The number of nitriles is 1. The molecule has 0 aliphatic carbocycles. The number of anilines is 1. The monoisotopic (exact) mass is 408 g/mol. The van der Waals surface area contributed by atoms with Gasteiger partial charge in [-0.25, -0.2) is 13.2 Å². The molecule has 1 atom stereocenters. The van der Waals surface area contributed by atoms with Gasteiger partial charge in [0.15, 0.2) is 6.10 Å². The third-order valence-corrected chi connectivity index (χ3v) is 4.99. The number of carbonyl (C=O) groups is 2. The number of hydrogen-bond donors (Lipinski definition) is 1. The van der Waals surface area contributed by atoms with Crippen molar-refractivity contribution in [2.24, 2.45) is 0 Å². The molecule has 0 spiro atoms. The molecule has 2 rings (SSSR count). The van der Waals surface area contributed by atoms with E-state index in [1.165, 1.54) is 31.2 Å². The van der Waals surface area contributed by atoms with E-state index >= 15 is 0 Å². The average molecular weight is 408 g/mol. The number of benzene rings is 2. The van der Waals surface area contributed by atoms with Crippen molar-refractivity contribution in [3.05, 3.63) is 59.7 Å². The zero-order valence-electron chi connectivity index (χ0n) is 14.4. The maximum Gasteiger partial charge on any atom is 0.341 e. The molecule has 0 unspecified atom stereocenters. The van der Waals surface area contributed by atoms with Gasteiger partial charge in [0.2, 0.25) is 9.84 Å². The first kappa shape index (κ1) is 21.0. The number of hydrogen-bond acceptors (Lipinski definition) is 6. The molecule has 0 fully saturated rings. The van der Waals surface area contributed by atoms with Crippen LogP contribution < -0.4 is 5.32 Å². The number of amides is 1. The quantitative estimate of drug-likeness (QED) is 0.736. The van der Waals surface area contributed by atoms with Gasteiger partial charge in [-0.05, 0) is 55.5 Å². The van der Waals surface area contributed by atoms with Crippen LogP contribution in [0.1, 0.15) is 22.8 Å². The lowest BCUT2D eigenvalue weighted by Crippen LogP contribution is -2.30. The van der Waals surface area contributed by atoms with E-state index in [4.69, 9.17) is 10.00 Å². The molecular weight excluding hydrogens is 394 g/mol. The molecular formula is C18H14F2N2O5S. The Morgan fingerprint density at radius 2 is 1.64 bits per heavy atom. The van der Waals surface area contributed by atoms with E-state index in [9.17, 15) is 26.8 Å². The SMILES string of the molecule is C[C@@H](OC(=O)c1ccc(S(=O)(=O)C(F)F)cc1)C(=O)Nc1ccc(C#N)cc1. The summed E-state index contributed by atoms with van der Waals surface area (Å²) in [6, 6.07) is 11.7. The van der Waals surface area contributed by atoms with E-state index in [0.29, 0.717) is 11.3 Å². The molecule has 2 aromatic carbocycles. The summed E-state index contributed by atoms with van der Waals surface area (Å²) in [6.45, 7) is 1.33. The van der Waals surface area contributed by atoms with Crippen molar-refractivity contribution in [1.82, 2.24) is 0 Å². The predicted molar refractivity (Wildman–Crippen MR) is 94.3 cm³/mol. The fourth-order valence-electron chi connectivity index (χ4n) is 2.04. The Bertz CT molecular complexity index is 1010. The van der Waals surface area contributed by atoms with Crippen LogP contribution in [0.25, 0.3) is 0 Å². The lowest BCUT2D eigenvalue weighted by atomic mass is 10.2. The van der Waals surface area contributed by atoms with Gasteiger partial charge in [-0.3, -0.25) is 4.79 Å². The molecule has 0 saturated heterocycles. The summed E-state index contributed by atoms with van der Waals surface area (Å²) in [5.74, 6) is -5.13. The van der Waals surface area contributed by atoms with Gasteiger partial charge in [-0.1, -0.05) is 0 Å². The van der Waals surface area contributed by atoms with E-state index in [-0.39, 0.29) is 5.56 Å². The summed E-state index contributed by atoms with van der Waals surface area (Å²) in [7, 11) is -4.77. The predicted octanol–water partition coefficient (Wildman–Crippen LogP) is 2.74. The van der Waals surface area contributed by atoms with Crippen molar-refractivity contribution in [2.45, 2.75) is 23.7 Å². The molecule has 7 nitrogen and oxygen atoms in total. The van der Waals surface area contributed by atoms with Gasteiger partial charge < -0.3 is 10.1 Å². The maximum atomic E-state index is 12.5. The summed E-state index contributed by atoms with van der Waals surface area (Å²) >= 11 is 0. The van der Waals surface area contributed by atoms with Crippen LogP contribution in [0.15, 0.2) is 53.4 Å². The fourth-order valence-corrected chi connectivity index (χ4v) is 2.76. The molecule has 1 N–H and O–H groups in total. The lowest BCUT2D eigenvalue weighted by Gasteiger charge is -2.14. The highest BCUT2D eigenvalue weighted by molar-refractivity contribution is 7.91. The second kappa shape index (κ2) is 8.58. The number of sulfone groups is 1. The molecule has 0 aliphatic rings. The van der Waals surface area contributed by atoms with E-state index in [2.05, 4.69) is 5.32 Å². The number of carbonyl (C=O) groups excluding carboxylic acids is 2. The van der Waals surface area contributed by atoms with Gasteiger partial charge in [-0.2, -0.15) is 14.0 Å². The van der Waals surface area contributed by atoms with Crippen LogP contribution in [0.2, 0.25) is 0 Å². The Morgan fingerprint density at radius 3 is 2.14 bits per heavy atom. The van der Waals surface area contributed by atoms with E-state index < -0.39 is 38.5 Å². The molecule has 0 heterocycles. The first-order valence-corrected chi connectivity index (χ1v) is 9.34. The molecule has 0 aromatic heterocycles. The first-order valence-electron chi connectivity index (χ1n) is 7.79. The second-order valence-corrected chi connectivity index (χ2v) is 7.47. The Kier molecular flexibility index (Phi) is 6.43. The highest BCUT2D eigenvalue weighted by atomic mass is 32.2. The van der Waals surface area contributed by atoms with Gasteiger partial charge in [-0.15, -0.1) is 0 Å². The Labute approximate surface area is 159 Å². The second-order valence-electron chi connectivity index (χ2n) is 5.56. The van der Waals surface area contributed by atoms with E-state index in [0.717, 1.165) is 24.3 Å². The van der Waals surface area contributed by atoms with Gasteiger partial charge in [0.1, 0.15) is 0 Å². The number of nitrogens with one attached hydrogen (secondary N) is 1. The smallest absolute Gasteiger partial charge is 0.341 e. The fraction of sp³-hybridized carbons (Fsp3) is 0.167. The van der Waals surface area contributed by atoms with E-state index in [1.807, 2.05) is 6.07 Å². The zero-order valence-corrected chi connectivity index (χ0v) is 15.2. The number of ether oxygens (including phenoxy) is 1. The van der Waals surface area contributed by atoms with Gasteiger partial charge in [0, 0.05) is 5.69 Å². The van der Waals surface area contributed by atoms with E-state index in [1.54, 1.807) is 0 Å². The van der Waals surface area contributed by atoms with Crippen LogP contribution in [-0.2, 0) is 19.4 Å². The summed E-state index contributed by atoms with van der Waals surface area (Å²) in [4.78, 5) is 23.5. The van der Waals surface area contributed by atoms with Crippen LogP contribution in [0.3, 0.4) is 0 Å². The molecule has 0 radical (unpaired) electrons. The van der Waals surface area contributed by atoms with Crippen molar-refractivity contribution in [3.8, 4) is 6.07 Å². The van der Waals surface area contributed by atoms with Crippen LogP contribution in [0.4, 0.5) is 14.5 Å². The first-order chi connectivity index (χ1) is 13.1. The Morgan fingerprint density at radius 1 is 1.07 bits per heavy atom. The number of halogens is 2. The van der Waals surface area contributed by atoms with Crippen molar-refractivity contribution < 1.29 is 31.5 Å². The Hall–Kier alpha value is -3.32. The topological polar surface area (TPSA) is 113 Å². The van der Waals surface area contributed by atoms with Crippen LogP contribution in [0.5, 0.6) is 0 Å². The number of nitrogens with zero attached hydrogens (tertiary/aromatic N) is 1. The summed E-state index contributed by atoms with van der Waals surface area (Å²) in [5, 5.41) is 11.2. The maximum absolute atomic E-state index is 12.5. The third-order valence-electron chi connectivity index (χ3n) is 3.59. The van der Waals surface area contributed by atoms with Crippen molar-refractivity contribution in [2.75, 3.05) is 5.32 Å². The molecule has 10 heteroatoms. The largest absolute Gasteiger partial charge is 0.449 e. The lowest BCUT2D eigenvalue weighted by molar-refractivity contribution is -0.123. The minimum Gasteiger partial charge on any atom is -0.449 e. The standard InChI is InChI=1S/C18H14F2N2O5S/c1-11(16(23)22-14-6-2-12(10-21)3-7-14)27-17(24)13-4-8-15(9-5-13)28(25,26)18(19)20/h2-9,11,18H,1H3,(H,22,23)/t11-/m1/s1. The molecule has 0 aliphatic heterocycles. The zero-order chi connectivity index (χ0) is 20.9. The van der Waals surface area contributed by atoms with Crippen LogP contribution >= 0.6 is 0 Å².